The van der Waals surface area contributed by atoms with Crippen LogP contribution in [0.5, 0.6) is 0 Å². The Bertz CT molecular complexity index is 683. The minimum absolute atomic E-state index is 0.706. The second-order valence-corrected chi connectivity index (χ2v) is 4.33. The van der Waals surface area contributed by atoms with E-state index in [1.54, 1.807) is 0 Å². The van der Waals surface area contributed by atoms with Crippen LogP contribution in [0.2, 0.25) is 5.02 Å². The van der Waals surface area contributed by atoms with Crippen molar-refractivity contribution in [1.82, 2.24) is 0 Å². The van der Waals surface area contributed by atoms with Gasteiger partial charge in [0, 0.05) is 11.1 Å². The number of rotatable bonds is 2. The maximum absolute atomic E-state index is 13.6. The van der Waals surface area contributed by atoms with Crippen molar-refractivity contribution >= 4 is 11.6 Å². The molecule has 0 aliphatic heterocycles. The van der Waals surface area contributed by atoms with Gasteiger partial charge in [0.25, 0.3) is 6.43 Å². The van der Waals surface area contributed by atoms with Crippen LogP contribution < -0.4 is 0 Å². The van der Waals surface area contributed by atoms with Crippen LogP contribution in [0.25, 0.3) is 11.1 Å². The van der Waals surface area contributed by atoms with Crippen molar-refractivity contribution in [3.63, 3.8) is 0 Å². The molecular weight excluding hydrogens is 325 g/mol. The first-order chi connectivity index (χ1) is 9.77. The van der Waals surface area contributed by atoms with Gasteiger partial charge in [-0.05, 0) is 0 Å². The fraction of sp³-hybridized carbons (Fsp3) is 0.0769. The SMILES string of the molecule is Fc1c(F)c(F)c(-c2cccc(C(F)F)c2Cl)c(F)c1F. The number of alkyl halides is 2. The molecule has 21 heavy (non-hydrogen) atoms. The fourth-order valence-electron chi connectivity index (χ4n) is 1.75. The first kappa shape index (κ1) is 15.6. The molecule has 0 saturated heterocycles. The lowest BCUT2D eigenvalue weighted by Gasteiger charge is -2.12. The summed E-state index contributed by atoms with van der Waals surface area (Å²) in [5, 5.41) is -0.782. The van der Waals surface area contributed by atoms with Crippen molar-refractivity contribution in [1.29, 1.82) is 0 Å². The van der Waals surface area contributed by atoms with Crippen LogP contribution in [0.15, 0.2) is 18.2 Å². The van der Waals surface area contributed by atoms with Gasteiger partial charge in [-0.2, -0.15) is 0 Å². The Labute approximate surface area is 118 Å². The van der Waals surface area contributed by atoms with E-state index in [0.717, 1.165) is 18.2 Å². The molecule has 0 heterocycles. The van der Waals surface area contributed by atoms with Crippen LogP contribution in [-0.2, 0) is 0 Å². The summed E-state index contributed by atoms with van der Waals surface area (Å²) < 4.78 is 91.8. The predicted octanol–water partition coefficient (Wildman–Crippen LogP) is 5.64. The highest BCUT2D eigenvalue weighted by atomic mass is 35.5. The highest BCUT2D eigenvalue weighted by Gasteiger charge is 2.28. The third-order valence-electron chi connectivity index (χ3n) is 2.74. The highest BCUT2D eigenvalue weighted by molar-refractivity contribution is 6.34. The Balaban J connectivity index is 2.83. The zero-order valence-corrected chi connectivity index (χ0v) is 10.6. The Morgan fingerprint density at radius 1 is 0.762 bits per heavy atom. The molecule has 2 aromatic rings. The molecule has 0 spiro atoms. The van der Waals surface area contributed by atoms with E-state index in [1.165, 1.54) is 0 Å². The molecule has 2 rings (SSSR count). The molecule has 0 N–H and O–H groups in total. The zero-order chi connectivity index (χ0) is 15.9. The van der Waals surface area contributed by atoms with Gasteiger partial charge in [-0.15, -0.1) is 0 Å². The average Bonchev–Trinajstić information content (AvgIpc) is 2.44. The summed E-state index contributed by atoms with van der Waals surface area (Å²) in [5.74, 6) is -11.0. The Kier molecular flexibility index (Phi) is 4.13. The Morgan fingerprint density at radius 3 is 1.71 bits per heavy atom. The summed E-state index contributed by atoms with van der Waals surface area (Å²) >= 11 is 5.57. The minimum atomic E-state index is -3.07. The van der Waals surface area contributed by atoms with E-state index in [1.807, 2.05) is 0 Å². The van der Waals surface area contributed by atoms with Gasteiger partial charge in [0.2, 0.25) is 5.82 Å². The molecule has 0 saturated carbocycles. The highest BCUT2D eigenvalue weighted by Crippen LogP contribution is 2.39. The zero-order valence-electron chi connectivity index (χ0n) is 9.83. The lowest BCUT2D eigenvalue weighted by Crippen LogP contribution is -2.04. The summed E-state index contributed by atoms with van der Waals surface area (Å²) in [5.41, 5.74) is -2.83. The first-order valence-corrected chi connectivity index (χ1v) is 5.73. The number of halogens is 8. The van der Waals surface area contributed by atoms with E-state index in [-0.39, 0.29) is 0 Å². The molecule has 112 valence electrons. The molecule has 0 bridgehead atoms. The van der Waals surface area contributed by atoms with Gasteiger partial charge < -0.3 is 0 Å². The molecule has 8 heteroatoms. The van der Waals surface area contributed by atoms with Gasteiger partial charge in [0.1, 0.15) is 0 Å². The molecule has 2 aromatic carbocycles. The van der Waals surface area contributed by atoms with Crippen LogP contribution in [0.3, 0.4) is 0 Å². The number of hydrogen-bond acceptors (Lipinski definition) is 0. The second-order valence-electron chi connectivity index (χ2n) is 3.95. The molecule has 0 atom stereocenters. The molecule has 0 aromatic heterocycles. The maximum Gasteiger partial charge on any atom is 0.265 e. The van der Waals surface area contributed by atoms with Crippen molar-refractivity contribution in [2.24, 2.45) is 0 Å². The average molecular weight is 329 g/mol. The van der Waals surface area contributed by atoms with Crippen LogP contribution in [0.4, 0.5) is 30.7 Å². The monoisotopic (exact) mass is 328 g/mol. The van der Waals surface area contributed by atoms with Gasteiger partial charge in [-0.1, -0.05) is 29.8 Å². The lowest BCUT2D eigenvalue weighted by atomic mass is 10.0. The van der Waals surface area contributed by atoms with Crippen LogP contribution in [-0.4, -0.2) is 0 Å². The smallest absolute Gasteiger partial charge is 0.205 e. The van der Waals surface area contributed by atoms with Crippen LogP contribution >= 0.6 is 11.6 Å². The van der Waals surface area contributed by atoms with Crippen molar-refractivity contribution in [3.05, 3.63) is 57.9 Å². The van der Waals surface area contributed by atoms with E-state index in [9.17, 15) is 30.7 Å². The van der Waals surface area contributed by atoms with Crippen LogP contribution in [0.1, 0.15) is 12.0 Å². The van der Waals surface area contributed by atoms with Crippen molar-refractivity contribution in [2.45, 2.75) is 6.43 Å². The van der Waals surface area contributed by atoms with Gasteiger partial charge in [-0.3, -0.25) is 0 Å². The van der Waals surface area contributed by atoms with Crippen molar-refractivity contribution < 1.29 is 30.7 Å². The topological polar surface area (TPSA) is 0 Å². The second kappa shape index (κ2) is 5.55. The third kappa shape index (κ3) is 2.46. The third-order valence-corrected chi connectivity index (χ3v) is 3.16. The molecule has 0 radical (unpaired) electrons. The molecular formula is C13H4ClF7. The summed E-state index contributed by atoms with van der Waals surface area (Å²) in [6.07, 6.45) is -3.07. The lowest BCUT2D eigenvalue weighted by molar-refractivity contribution is 0.151. The van der Waals surface area contributed by atoms with Crippen LogP contribution in [0, 0.1) is 29.1 Å². The Morgan fingerprint density at radius 2 is 1.24 bits per heavy atom. The summed E-state index contributed by atoms with van der Waals surface area (Å²) in [6, 6.07) is 2.73. The maximum atomic E-state index is 13.6. The molecule has 0 unspecified atom stereocenters. The minimum Gasteiger partial charge on any atom is -0.205 e. The van der Waals surface area contributed by atoms with E-state index >= 15 is 0 Å². The van der Waals surface area contributed by atoms with Gasteiger partial charge in [0.15, 0.2) is 23.3 Å². The largest absolute Gasteiger partial charge is 0.265 e. The predicted molar refractivity (Wildman–Crippen MR) is 61.6 cm³/mol. The van der Waals surface area contributed by atoms with E-state index in [0.29, 0.717) is 0 Å². The first-order valence-electron chi connectivity index (χ1n) is 5.35. The molecule has 0 aliphatic rings. The van der Waals surface area contributed by atoms with Gasteiger partial charge >= 0.3 is 0 Å². The standard InChI is InChI=1S/C13H4ClF7/c14-7-4(2-1-3-5(7)13(20)21)6-8(15)10(17)12(19)11(18)9(6)16/h1-3,13H. The summed E-state index contributed by atoms with van der Waals surface area (Å²) in [7, 11) is 0. The van der Waals surface area contributed by atoms with Crippen molar-refractivity contribution in [3.8, 4) is 11.1 Å². The van der Waals surface area contributed by atoms with Gasteiger partial charge in [0.05, 0.1) is 10.6 Å². The number of benzene rings is 2. The molecule has 0 nitrogen and oxygen atoms in total. The van der Waals surface area contributed by atoms with E-state index in [4.69, 9.17) is 11.6 Å². The normalized spacial score (nSPS) is 11.3. The fourth-order valence-corrected chi connectivity index (χ4v) is 2.06. The van der Waals surface area contributed by atoms with Crippen molar-refractivity contribution in [2.75, 3.05) is 0 Å². The van der Waals surface area contributed by atoms with E-state index < -0.39 is 57.2 Å². The Hall–Kier alpha value is -1.76. The summed E-state index contributed by atoms with van der Waals surface area (Å²) in [6.45, 7) is 0. The summed E-state index contributed by atoms with van der Waals surface area (Å²) in [4.78, 5) is 0. The quantitative estimate of drug-likeness (QED) is 0.380. The molecule has 0 amide bonds. The number of hydrogen-bond donors (Lipinski definition) is 0. The van der Waals surface area contributed by atoms with E-state index in [2.05, 4.69) is 0 Å². The molecule has 0 fully saturated rings. The van der Waals surface area contributed by atoms with Gasteiger partial charge in [-0.25, -0.2) is 30.7 Å². The molecule has 0 aliphatic carbocycles.